The predicted octanol–water partition coefficient (Wildman–Crippen LogP) is 5.35. The highest BCUT2D eigenvalue weighted by molar-refractivity contribution is 6.17. The number of aliphatic imine (C=N–C) groups is 1. The number of anilines is 1. The van der Waals surface area contributed by atoms with Gasteiger partial charge in [-0.25, -0.2) is 0 Å². The quantitative estimate of drug-likeness (QED) is 0.486. The van der Waals surface area contributed by atoms with Crippen molar-refractivity contribution in [2.75, 3.05) is 19.5 Å². The van der Waals surface area contributed by atoms with E-state index in [2.05, 4.69) is 19.2 Å². The summed E-state index contributed by atoms with van der Waals surface area (Å²) >= 11 is 0. The number of benzene rings is 3. The third-order valence-corrected chi connectivity index (χ3v) is 5.79. The van der Waals surface area contributed by atoms with E-state index in [4.69, 9.17) is 14.5 Å². The van der Waals surface area contributed by atoms with E-state index in [-0.39, 0.29) is 23.7 Å². The number of hydrogen-bond donors (Lipinski definition) is 1. The number of ether oxygens (including phenoxy) is 2. The average molecular weight is 457 g/mol. The molecule has 6 nitrogen and oxygen atoms in total. The Morgan fingerprint density at radius 2 is 1.62 bits per heavy atom. The van der Waals surface area contributed by atoms with Gasteiger partial charge in [-0.2, -0.15) is 0 Å². The molecule has 1 aliphatic heterocycles. The van der Waals surface area contributed by atoms with Crippen LogP contribution in [0.15, 0.2) is 71.7 Å². The Kier molecular flexibility index (Phi) is 6.50. The minimum absolute atomic E-state index is 0.0669. The molecule has 0 aliphatic carbocycles. The zero-order chi connectivity index (χ0) is 24.3. The van der Waals surface area contributed by atoms with Crippen molar-refractivity contribution in [1.82, 2.24) is 0 Å². The molecule has 0 unspecified atom stereocenters. The van der Waals surface area contributed by atoms with Crippen molar-refractivity contribution in [3.8, 4) is 11.5 Å². The molecule has 1 N–H and O–H groups in total. The molecule has 6 heteroatoms. The molecule has 0 fully saturated rings. The number of hydrogen-bond acceptors (Lipinski definition) is 5. The summed E-state index contributed by atoms with van der Waals surface area (Å²) in [5.74, 6) is 0.996. The second-order valence-corrected chi connectivity index (χ2v) is 8.94. The van der Waals surface area contributed by atoms with Gasteiger partial charge in [0.1, 0.15) is 11.5 Å². The lowest BCUT2D eigenvalue weighted by atomic mass is 9.85. The smallest absolute Gasteiger partial charge is 0.255 e. The van der Waals surface area contributed by atoms with E-state index >= 15 is 0 Å². The molecule has 0 saturated carbocycles. The third-order valence-electron chi connectivity index (χ3n) is 5.79. The maximum atomic E-state index is 13.2. The van der Waals surface area contributed by atoms with Crippen LogP contribution in [0.25, 0.3) is 0 Å². The molecule has 4 rings (SSSR count). The molecule has 1 heterocycles. The molecule has 34 heavy (non-hydrogen) atoms. The van der Waals surface area contributed by atoms with Gasteiger partial charge in [-0.15, -0.1) is 0 Å². The lowest BCUT2D eigenvalue weighted by molar-refractivity contribution is 0.0996. The normalized spacial score (nSPS) is 13.9. The summed E-state index contributed by atoms with van der Waals surface area (Å²) in [6, 6.07) is 19.8. The summed E-state index contributed by atoms with van der Waals surface area (Å²) in [4.78, 5) is 30.8. The Morgan fingerprint density at radius 3 is 2.38 bits per heavy atom. The van der Waals surface area contributed by atoms with Crippen molar-refractivity contribution in [3.63, 3.8) is 0 Å². The number of amides is 1. The Labute approximate surface area is 199 Å². The first-order valence-electron chi connectivity index (χ1n) is 11.1. The second kappa shape index (κ2) is 9.51. The number of nitrogens with zero attached hydrogens (tertiary/aromatic N) is 1. The van der Waals surface area contributed by atoms with Gasteiger partial charge in [-0.05, 0) is 68.3 Å². The number of rotatable bonds is 7. The van der Waals surface area contributed by atoms with Crippen LogP contribution in [0.2, 0.25) is 0 Å². The average Bonchev–Trinajstić information content (AvgIpc) is 2.83. The molecule has 1 aliphatic rings. The number of nitrogens with one attached hydrogen (secondary N) is 1. The fourth-order valence-electron chi connectivity index (χ4n) is 4.16. The molecule has 0 atom stereocenters. The van der Waals surface area contributed by atoms with Crippen LogP contribution >= 0.6 is 0 Å². The Morgan fingerprint density at radius 1 is 0.912 bits per heavy atom. The second-order valence-electron chi connectivity index (χ2n) is 8.94. The number of carbonyl (C=O) groups is 2. The minimum Gasteiger partial charge on any atom is -0.497 e. The van der Waals surface area contributed by atoms with Gasteiger partial charge in [0.2, 0.25) is 0 Å². The first-order chi connectivity index (χ1) is 16.3. The summed E-state index contributed by atoms with van der Waals surface area (Å²) in [6.07, 6.45) is 0.965. The molecule has 3 aromatic carbocycles. The van der Waals surface area contributed by atoms with Gasteiger partial charge in [-0.3, -0.25) is 14.6 Å². The summed E-state index contributed by atoms with van der Waals surface area (Å²) < 4.78 is 10.6. The topological polar surface area (TPSA) is 77.0 Å². The van der Waals surface area contributed by atoms with Gasteiger partial charge in [0.25, 0.3) is 5.91 Å². The van der Waals surface area contributed by atoms with Crippen LogP contribution < -0.4 is 14.8 Å². The minimum atomic E-state index is -0.288. The number of ketones is 1. The van der Waals surface area contributed by atoms with Crippen molar-refractivity contribution < 1.29 is 19.1 Å². The number of fused-ring (bicyclic) bond motifs is 1. The molecule has 0 radical (unpaired) electrons. The maximum Gasteiger partial charge on any atom is 0.255 e. The monoisotopic (exact) mass is 456 g/mol. The van der Waals surface area contributed by atoms with Crippen molar-refractivity contribution >= 4 is 23.1 Å². The molecular weight excluding hydrogens is 428 g/mol. The largest absolute Gasteiger partial charge is 0.497 e. The Bertz CT molecular complexity index is 1280. The zero-order valence-corrected chi connectivity index (χ0v) is 19.8. The van der Waals surface area contributed by atoms with Crippen LogP contribution in [0.4, 0.5) is 5.69 Å². The van der Waals surface area contributed by atoms with E-state index in [0.29, 0.717) is 22.6 Å². The molecule has 3 aromatic rings. The highest BCUT2D eigenvalue weighted by Crippen LogP contribution is 2.31. The Balaban J connectivity index is 1.55. The third kappa shape index (κ3) is 5.17. The van der Waals surface area contributed by atoms with Crippen molar-refractivity contribution in [2.24, 2.45) is 4.99 Å². The highest BCUT2D eigenvalue weighted by Gasteiger charge is 2.28. The van der Waals surface area contributed by atoms with Crippen molar-refractivity contribution in [2.45, 2.75) is 32.2 Å². The van der Waals surface area contributed by atoms with Crippen LogP contribution in [0, 0.1) is 0 Å². The van der Waals surface area contributed by atoms with Gasteiger partial charge in [0.15, 0.2) is 5.78 Å². The van der Waals surface area contributed by atoms with E-state index in [0.717, 1.165) is 29.0 Å². The SMILES string of the molecule is COc1cccc(C(=O)Nc2cccc(C(=O)CC3=NC(C)(C)Cc4ccc(OC)cc43)c2)c1. The fourth-order valence-corrected chi connectivity index (χ4v) is 4.16. The van der Waals surface area contributed by atoms with Gasteiger partial charge >= 0.3 is 0 Å². The van der Waals surface area contributed by atoms with Crippen LogP contribution in [-0.2, 0) is 6.42 Å². The van der Waals surface area contributed by atoms with E-state index in [9.17, 15) is 9.59 Å². The number of methoxy groups -OCH3 is 2. The Hall–Kier alpha value is -3.93. The lowest BCUT2D eigenvalue weighted by Gasteiger charge is -2.29. The van der Waals surface area contributed by atoms with Crippen LogP contribution in [-0.4, -0.2) is 37.2 Å². The van der Waals surface area contributed by atoms with Gasteiger partial charge in [0.05, 0.1) is 31.9 Å². The number of carbonyl (C=O) groups excluding carboxylic acids is 2. The molecule has 0 spiro atoms. The molecule has 174 valence electrons. The van der Waals surface area contributed by atoms with Crippen LogP contribution in [0.1, 0.15) is 52.1 Å². The van der Waals surface area contributed by atoms with Crippen LogP contribution in [0.3, 0.4) is 0 Å². The molecule has 1 amide bonds. The highest BCUT2D eigenvalue weighted by atomic mass is 16.5. The van der Waals surface area contributed by atoms with Crippen molar-refractivity contribution in [3.05, 3.63) is 89.0 Å². The standard InChI is InChI=1S/C28H28N2O4/c1-28(2)17-20-11-12-23(34-4)15-24(20)25(30-28)16-26(31)18-7-5-9-21(13-18)29-27(32)19-8-6-10-22(14-19)33-3/h5-15H,16-17H2,1-4H3,(H,29,32). The summed E-state index contributed by atoms with van der Waals surface area (Å²) in [5.41, 5.74) is 4.11. The lowest BCUT2D eigenvalue weighted by Crippen LogP contribution is -2.30. The van der Waals surface area contributed by atoms with Gasteiger partial charge in [0, 0.05) is 22.4 Å². The number of Topliss-reactive ketones (excluding diaryl/α,β-unsaturated/α-hetero) is 1. The van der Waals surface area contributed by atoms with E-state index in [1.807, 2.05) is 18.2 Å². The van der Waals surface area contributed by atoms with E-state index < -0.39 is 0 Å². The molecule has 0 aromatic heterocycles. The molecule has 0 saturated heterocycles. The van der Waals surface area contributed by atoms with E-state index in [1.165, 1.54) is 0 Å². The maximum absolute atomic E-state index is 13.2. The zero-order valence-electron chi connectivity index (χ0n) is 19.8. The van der Waals surface area contributed by atoms with Crippen molar-refractivity contribution in [1.29, 1.82) is 0 Å². The van der Waals surface area contributed by atoms with E-state index in [1.54, 1.807) is 62.8 Å². The first kappa shape index (κ1) is 23.2. The van der Waals surface area contributed by atoms with Gasteiger partial charge < -0.3 is 14.8 Å². The fraction of sp³-hybridized carbons (Fsp3) is 0.250. The first-order valence-corrected chi connectivity index (χ1v) is 11.1. The van der Waals surface area contributed by atoms with Gasteiger partial charge in [-0.1, -0.05) is 24.3 Å². The van der Waals surface area contributed by atoms with Crippen LogP contribution in [0.5, 0.6) is 11.5 Å². The summed E-state index contributed by atoms with van der Waals surface area (Å²) in [7, 11) is 3.18. The predicted molar refractivity (Wildman–Crippen MR) is 134 cm³/mol. The summed E-state index contributed by atoms with van der Waals surface area (Å²) in [6.45, 7) is 4.14. The molecule has 0 bridgehead atoms. The summed E-state index contributed by atoms with van der Waals surface area (Å²) in [5, 5.41) is 2.86. The molecular formula is C28H28N2O4.